The molecule has 1 aromatic heterocycles. The Morgan fingerprint density at radius 1 is 1.45 bits per heavy atom. The molecule has 0 aliphatic heterocycles. The zero-order valence-electron chi connectivity index (χ0n) is 11.2. The number of hydrogen-bond donors (Lipinski definition) is 3. The van der Waals surface area contributed by atoms with Crippen molar-refractivity contribution >= 4 is 28.7 Å². The predicted octanol–water partition coefficient (Wildman–Crippen LogP) is 3.40. The lowest BCUT2D eigenvalue weighted by molar-refractivity contribution is 0.0698. The van der Waals surface area contributed by atoms with Crippen molar-refractivity contribution in [3.05, 3.63) is 44.9 Å². The van der Waals surface area contributed by atoms with Gasteiger partial charge in [0.15, 0.2) is 0 Å². The number of nitrogens with one attached hydrogen (secondary N) is 1. The summed E-state index contributed by atoms with van der Waals surface area (Å²) in [6.07, 6.45) is 0. The highest BCUT2D eigenvalue weighted by Crippen LogP contribution is 2.27. The van der Waals surface area contributed by atoms with Gasteiger partial charge in [-0.05, 0) is 37.6 Å². The van der Waals surface area contributed by atoms with E-state index in [1.54, 1.807) is 11.3 Å². The van der Waals surface area contributed by atoms with Crippen LogP contribution in [0.15, 0.2) is 18.2 Å². The molecule has 1 heterocycles. The van der Waals surface area contributed by atoms with E-state index in [1.807, 2.05) is 19.9 Å². The quantitative estimate of drug-likeness (QED) is 0.755. The molecule has 0 radical (unpaired) electrons. The van der Waals surface area contributed by atoms with Crippen molar-refractivity contribution in [2.24, 2.45) is 0 Å². The molecule has 0 aliphatic rings. The summed E-state index contributed by atoms with van der Waals surface area (Å²) in [7, 11) is 0. The van der Waals surface area contributed by atoms with E-state index >= 15 is 0 Å². The van der Waals surface area contributed by atoms with Crippen molar-refractivity contribution in [3.8, 4) is 0 Å². The summed E-state index contributed by atoms with van der Waals surface area (Å²) in [6, 6.07) is 4.60. The van der Waals surface area contributed by atoms with E-state index in [4.69, 9.17) is 10.8 Å². The first-order valence-electron chi connectivity index (χ1n) is 6.01. The number of carboxylic acid groups (broad SMARTS) is 1. The van der Waals surface area contributed by atoms with Crippen molar-refractivity contribution in [2.45, 2.75) is 20.4 Å². The Hall–Kier alpha value is -2.08. The van der Waals surface area contributed by atoms with Gasteiger partial charge >= 0.3 is 5.97 Å². The first-order valence-corrected chi connectivity index (χ1v) is 6.83. The number of rotatable bonds is 4. The summed E-state index contributed by atoms with van der Waals surface area (Å²) in [5, 5.41) is 12.1. The number of nitrogen functional groups attached to an aromatic ring is 1. The van der Waals surface area contributed by atoms with Crippen LogP contribution in [0.25, 0.3) is 0 Å². The van der Waals surface area contributed by atoms with Crippen LogP contribution in [-0.4, -0.2) is 11.1 Å². The molecule has 1 aromatic carbocycles. The van der Waals surface area contributed by atoms with Crippen molar-refractivity contribution in [1.82, 2.24) is 0 Å². The lowest BCUT2D eigenvalue weighted by Crippen LogP contribution is -2.10. The third kappa shape index (κ3) is 2.75. The van der Waals surface area contributed by atoms with Gasteiger partial charge in [0.1, 0.15) is 11.4 Å². The van der Waals surface area contributed by atoms with Gasteiger partial charge in [0.2, 0.25) is 0 Å². The first kappa shape index (κ1) is 14.3. The molecule has 0 aliphatic carbocycles. The Bertz CT molecular complexity index is 648. The molecule has 0 spiro atoms. The first-order chi connectivity index (χ1) is 9.40. The number of hydrogen-bond acceptors (Lipinski definition) is 4. The van der Waals surface area contributed by atoms with Crippen molar-refractivity contribution in [2.75, 3.05) is 11.1 Å². The van der Waals surface area contributed by atoms with Crippen LogP contribution in [0.2, 0.25) is 0 Å². The fourth-order valence-electron chi connectivity index (χ4n) is 1.89. The summed E-state index contributed by atoms with van der Waals surface area (Å²) >= 11 is 1.64. The number of benzene rings is 1. The minimum Gasteiger partial charge on any atom is -0.478 e. The molecule has 0 saturated heterocycles. The molecule has 0 saturated carbocycles. The zero-order valence-corrected chi connectivity index (χ0v) is 12.0. The maximum absolute atomic E-state index is 13.3. The normalized spacial score (nSPS) is 10.6. The van der Waals surface area contributed by atoms with Crippen LogP contribution in [0.1, 0.15) is 25.7 Å². The van der Waals surface area contributed by atoms with E-state index < -0.39 is 11.8 Å². The maximum Gasteiger partial charge on any atom is 0.340 e. The minimum atomic E-state index is -1.25. The number of aromatic carboxylic acids is 1. The van der Waals surface area contributed by atoms with Gasteiger partial charge in [-0.2, -0.15) is 0 Å². The molecule has 4 N–H and O–H groups in total. The molecule has 0 unspecified atom stereocenters. The largest absolute Gasteiger partial charge is 0.478 e. The minimum absolute atomic E-state index is 0.227. The number of halogens is 1. The van der Waals surface area contributed by atoms with E-state index in [1.165, 1.54) is 16.5 Å². The Labute approximate surface area is 120 Å². The maximum atomic E-state index is 13.3. The molecule has 2 aromatic rings. The molecule has 6 heteroatoms. The van der Waals surface area contributed by atoms with E-state index in [-0.39, 0.29) is 11.3 Å². The van der Waals surface area contributed by atoms with E-state index in [0.717, 1.165) is 10.9 Å². The second-order valence-corrected chi connectivity index (χ2v) is 5.84. The van der Waals surface area contributed by atoms with Gasteiger partial charge in [-0.15, -0.1) is 11.3 Å². The average Bonchev–Trinajstić information content (AvgIpc) is 2.69. The SMILES string of the molecule is Cc1cc(CNc2ccc(F)c(N)c2C(=O)O)sc1C. The highest BCUT2D eigenvalue weighted by atomic mass is 32.1. The van der Waals surface area contributed by atoms with Gasteiger partial charge in [-0.3, -0.25) is 0 Å². The summed E-state index contributed by atoms with van der Waals surface area (Å²) in [6.45, 7) is 4.53. The van der Waals surface area contributed by atoms with Crippen molar-refractivity contribution in [1.29, 1.82) is 0 Å². The summed E-state index contributed by atoms with van der Waals surface area (Å²) in [5.74, 6) is -1.97. The summed E-state index contributed by atoms with van der Waals surface area (Å²) in [5.41, 5.74) is 6.43. The third-order valence-corrected chi connectivity index (χ3v) is 4.23. The Morgan fingerprint density at radius 3 is 2.70 bits per heavy atom. The molecule has 20 heavy (non-hydrogen) atoms. The van der Waals surface area contributed by atoms with Crippen LogP contribution in [0.5, 0.6) is 0 Å². The molecule has 0 fully saturated rings. The fourth-order valence-corrected chi connectivity index (χ4v) is 2.88. The van der Waals surface area contributed by atoms with E-state index in [0.29, 0.717) is 12.2 Å². The number of thiophene rings is 1. The van der Waals surface area contributed by atoms with Gasteiger partial charge in [0.25, 0.3) is 0 Å². The molecule has 2 rings (SSSR count). The molecule has 106 valence electrons. The van der Waals surface area contributed by atoms with Crippen LogP contribution < -0.4 is 11.1 Å². The number of carbonyl (C=O) groups is 1. The molecular formula is C14H15FN2O2S. The Morgan fingerprint density at radius 2 is 2.15 bits per heavy atom. The predicted molar refractivity (Wildman–Crippen MR) is 78.9 cm³/mol. The van der Waals surface area contributed by atoms with Crippen molar-refractivity contribution < 1.29 is 14.3 Å². The second-order valence-electron chi connectivity index (χ2n) is 4.49. The number of anilines is 2. The molecule has 0 atom stereocenters. The standard InChI is InChI=1S/C14H15FN2O2S/c1-7-5-9(20-8(7)2)6-17-11-4-3-10(15)13(16)12(11)14(18)19/h3-5,17H,6,16H2,1-2H3,(H,18,19). The lowest BCUT2D eigenvalue weighted by Gasteiger charge is -2.11. The molecule has 4 nitrogen and oxygen atoms in total. The molecule has 0 amide bonds. The zero-order chi connectivity index (χ0) is 14.9. The average molecular weight is 294 g/mol. The molecule has 0 bridgehead atoms. The Balaban J connectivity index is 2.25. The van der Waals surface area contributed by atoms with Crippen LogP contribution in [-0.2, 0) is 6.54 Å². The van der Waals surface area contributed by atoms with E-state index in [9.17, 15) is 9.18 Å². The molecular weight excluding hydrogens is 279 g/mol. The fraction of sp³-hybridized carbons (Fsp3) is 0.214. The highest BCUT2D eigenvalue weighted by molar-refractivity contribution is 7.12. The summed E-state index contributed by atoms with van der Waals surface area (Å²) < 4.78 is 13.3. The Kier molecular flexibility index (Phi) is 3.94. The second kappa shape index (κ2) is 5.50. The summed E-state index contributed by atoms with van der Waals surface area (Å²) in [4.78, 5) is 13.5. The monoisotopic (exact) mass is 294 g/mol. The van der Waals surface area contributed by atoms with Crippen LogP contribution in [0.3, 0.4) is 0 Å². The van der Waals surface area contributed by atoms with Gasteiger partial charge < -0.3 is 16.2 Å². The van der Waals surface area contributed by atoms with Gasteiger partial charge in [0.05, 0.1) is 11.4 Å². The van der Waals surface area contributed by atoms with Gasteiger partial charge in [-0.25, -0.2) is 9.18 Å². The third-order valence-electron chi connectivity index (χ3n) is 3.08. The van der Waals surface area contributed by atoms with Gasteiger partial charge in [0, 0.05) is 16.3 Å². The topological polar surface area (TPSA) is 75.3 Å². The number of carboxylic acids is 1. The van der Waals surface area contributed by atoms with Crippen LogP contribution >= 0.6 is 11.3 Å². The van der Waals surface area contributed by atoms with Crippen LogP contribution in [0.4, 0.5) is 15.8 Å². The van der Waals surface area contributed by atoms with Gasteiger partial charge in [-0.1, -0.05) is 0 Å². The lowest BCUT2D eigenvalue weighted by atomic mass is 10.1. The smallest absolute Gasteiger partial charge is 0.340 e. The van der Waals surface area contributed by atoms with Crippen molar-refractivity contribution in [3.63, 3.8) is 0 Å². The number of aryl methyl sites for hydroxylation is 2. The van der Waals surface area contributed by atoms with E-state index in [2.05, 4.69) is 5.32 Å². The van der Waals surface area contributed by atoms with Crippen LogP contribution in [0, 0.1) is 19.7 Å². The number of nitrogens with two attached hydrogens (primary N) is 1. The highest BCUT2D eigenvalue weighted by Gasteiger charge is 2.17.